The number of ether oxygens (including phenoxy) is 1. The van der Waals surface area contributed by atoms with Crippen molar-refractivity contribution in [3.8, 4) is 16.2 Å². The number of amides is 2. The molecule has 4 aromatic heterocycles. The number of halogens is 2. The molecular formula is C30H21F2N3O4S2. The first-order valence-corrected chi connectivity index (χ1v) is 14.0. The number of fused-ring (bicyclic) bond motifs is 2. The summed E-state index contributed by atoms with van der Waals surface area (Å²) in [6.45, 7) is 1.97. The molecule has 0 saturated carbocycles. The van der Waals surface area contributed by atoms with Gasteiger partial charge in [0, 0.05) is 26.1 Å². The predicted octanol–water partition coefficient (Wildman–Crippen LogP) is 7.95. The van der Waals surface area contributed by atoms with E-state index in [1.165, 1.54) is 23.5 Å². The van der Waals surface area contributed by atoms with Gasteiger partial charge in [-0.05, 0) is 48.7 Å². The van der Waals surface area contributed by atoms with Gasteiger partial charge in [0.1, 0.15) is 33.5 Å². The third kappa shape index (κ3) is 5.17. The van der Waals surface area contributed by atoms with Gasteiger partial charge in [0.15, 0.2) is 5.76 Å². The maximum atomic E-state index is 13.7. The quantitative estimate of drug-likeness (QED) is 0.187. The van der Waals surface area contributed by atoms with Gasteiger partial charge >= 0.3 is 0 Å². The number of nitrogens with zero attached hydrogens (tertiary/aromatic N) is 1. The van der Waals surface area contributed by atoms with E-state index in [0.29, 0.717) is 27.3 Å². The molecule has 0 atom stereocenters. The average Bonchev–Trinajstić information content (AvgIpc) is 3.70. The summed E-state index contributed by atoms with van der Waals surface area (Å²) in [5.74, 6) is -0.407. The molecule has 0 aliphatic carbocycles. The number of anilines is 1. The van der Waals surface area contributed by atoms with Gasteiger partial charge in [0.2, 0.25) is 0 Å². The summed E-state index contributed by atoms with van der Waals surface area (Å²) >= 11 is 2.24. The van der Waals surface area contributed by atoms with Crippen LogP contribution < -0.4 is 15.8 Å². The number of pyridine rings is 1. The summed E-state index contributed by atoms with van der Waals surface area (Å²) in [7, 11) is 0. The second kappa shape index (κ2) is 10.8. The molecule has 0 radical (unpaired) electrons. The molecule has 0 aliphatic rings. The van der Waals surface area contributed by atoms with Gasteiger partial charge in [-0.1, -0.05) is 36.4 Å². The van der Waals surface area contributed by atoms with E-state index in [-0.39, 0.29) is 27.8 Å². The lowest BCUT2D eigenvalue weighted by Crippen LogP contribution is -2.16. The lowest BCUT2D eigenvalue weighted by atomic mass is 10.1. The number of rotatable bonds is 8. The monoisotopic (exact) mass is 589 g/mol. The van der Waals surface area contributed by atoms with Crippen molar-refractivity contribution in [2.24, 2.45) is 5.73 Å². The summed E-state index contributed by atoms with van der Waals surface area (Å²) in [6, 6.07) is 21.6. The molecule has 3 N–H and O–H groups in total. The number of alkyl halides is 2. The Hall–Kier alpha value is -4.61. The number of furan rings is 1. The number of carbonyl (C=O) groups excluding carboxylic acids is 2. The van der Waals surface area contributed by atoms with Crippen molar-refractivity contribution in [1.82, 2.24) is 4.98 Å². The van der Waals surface area contributed by atoms with Crippen molar-refractivity contribution >= 4 is 61.2 Å². The first-order chi connectivity index (χ1) is 19.8. The predicted molar refractivity (Wildman–Crippen MR) is 156 cm³/mol. The van der Waals surface area contributed by atoms with E-state index in [9.17, 15) is 18.4 Å². The summed E-state index contributed by atoms with van der Waals surface area (Å²) in [5.41, 5.74) is 5.72. The van der Waals surface area contributed by atoms with Crippen LogP contribution >= 0.6 is 22.7 Å². The maximum absolute atomic E-state index is 13.7. The Bertz CT molecular complexity index is 1940. The van der Waals surface area contributed by atoms with E-state index in [0.717, 1.165) is 27.0 Å². The van der Waals surface area contributed by atoms with E-state index in [2.05, 4.69) is 10.3 Å². The van der Waals surface area contributed by atoms with Gasteiger partial charge in [0.25, 0.3) is 18.2 Å². The molecule has 0 aliphatic heterocycles. The highest BCUT2D eigenvalue weighted by atomic mass is 32.1. The van der Waals surface area contributed by atoms with Gasteiger partial charge in [-0.2, -0.15) is 0 Å². The number of primary amides is 1. The van der Waals surface area contributed by atoms with Crippen molar-refractivity contribution in [1.29, 1.82) is 0 Å². The topological polar surface area (TPSA) is 107 Å². The number of hydrogen-bond donors (Lipinski definition) is 2. The van der Waals surface area contributed by atoms with Crippen molar-refractivity contribution in [3.05, 3.63) is 99.8 Å². The minimum absolute atomic E-state index is 0.00661. The molecular weight excluding hydrogens is 568 g/mol. The fourth-order valence-electron chi connectivity index (χ4n) is 4.52. The van der Waals surface area contributed by atoms with Gasteiger partial charge < -0.3 is 20.2 Å². The maximum Gasteiger partial charge on any atom is 0.291 e. The normalized spacial score (nSPS) is 11.4. The van der Waals surface area contributed by atoms with Gasteiger partial charge in [0.05, 0.1) is 5.69 Å². The van der Waals surface area contributed by atoms with E-state index < -0.39 is 23.9 Å². The third-order valence-electron chi connectivity index (χ3n) is 6.38. The zero-order valence-corrected chi connectivity index (χ0v) is 23.1. The second-order valence-electron chi connectivity index (χ2n) is 9.14. The molecule has 6 aromatic rings. The van der Waals surface area contributed by atoms with Crippen LogP contribution in [0.25, 0.3) is 31.4 Å². The molecule has 206 valence electrons. The molecule has 0 saturated heterocycles. The van der Waals surface area contributed by atoms with Gasteiger partial charge in [-0.15, -0.1) is 22.7 Å². The zero-order valence-electron chi connectivity index (χ0n) is 21.4. The van der Waals surface area contributed by atoms with Crippen LogP contribution in [0.2, 0.25) is 0 Å². The number of hydrogen-bond acceptors (Lipinski definition) is 7. The SMILES string of the molecule is Cc1ccc(-c2cc(C(F)F)nc3sc(C(N)=O)c(NC(=O)c4ccc(COc5cccc6ccccc56)o4)c23)s1. The molecule has 0 bridgehead atoms. The molecule has 7 nitrogen and oxygen atoms in total. The minimum Gasteiger partial charge on any atom is -0.485 e. The van der Waals surface area contributed by atoms with Crippen LogP contribution in [0.15, 0.2) is 77.2 Å². The highest BCUT2D eigenvalue weighted by Crippen LogP contribution is 2.44. The van der Waals surface area contributed by atoms with Crippen molar-refractivity contribution in [2.45, 2.75) is 20.0 Å². The van der Waals surface area contributed by atoms with E-state index in [4.69, 9.17) is 14.9 Å². The van der Waals surface area contributed by atoms with Crippen LogP contribution in [-0.2, 0) is 6.61 Å². The highest BCUT2D eigenvalue weighted by molar-refractivity contribution is 7.21. The summed E-state index contributed by atoms with van der Waals surface area (Å²) in [6.07, 6.45) is -2.82. The van der Waals surface area contributed by atoms with Crippen LogP contribution in [-0.4, -0.2) is 16.8 Å². The zero-order chi connectivity index (χ0) is 28.7. The third-order valence-corrected chi connectivity index (χ3v) is 8.51. The number of nitrogens with two attached hydrogens (primary N) is 1. The molecule has 2 amide bonds. The molecule has 41 heavy (non-hydrogen) atoms. The first-order valence-electron chi connectivity index (χ1n) is 12.4. The molecule has 0 unspecified atom stereocenters. The molecule has 6 rings (SSSR count). The lowest BCUT2D eigenvalue weighted by molar-refractivity contribution is 0.0992. The van der Waals surface area contributed by atoms with Crippen molar-refractivity contribution in [3.63, 3.8) is 0 Å². The Morgan fingerprint density at radius 2 is 1.85 bits per heavy atom. The fraction of sp³-hybridized carbons (Fsp3) is 0.100. The Kier molecular flexibility index (Phi) is 6.98. The smallest absolute Gasteiger partial charge is 0.291 e. The molecule has 2 aromatic carbocycles. The number of nitrogens with one attached hydrogen (secondary N) is 1. The first kappa shape index (κ1) is 26.6. The number of benzene rings is 2. The van der Waals surface area contributed by atoms with E-state index in [1.807, 2.05) is 55.5 Å². The second-order valence-corrected chi connectivity index (χ2v) is 11.4. The summed E-state index contributed by atoms with van der Waals surface area (Å²) < 4.78 is 39.1. The van der Waals surface area contributed by atoms with Crippen molar-refractivity contribution < 1.29 is 27.5 Å². The van der Waals surface area contributed by atoms with Crippen LogP contribution in [0, 0.1) is 6.92 Å². The van der Waals surface area contributed by atoms with Gasteiger partial charge in [-0.3, -0.25) is 9.59 Å². The van der Waals surface area contributed by atoms with E-state index >= 15 is 0 Å². The Balaban J connectivity index is 1.32. The number of carbonyl (C=O) groups is 2. The number of thiophene rings is 2. The largest absolute Gasteiger partial charge is 0.485 e. The molecule has 0 spiro atoms. The fourth-order valence-corrected chi connectivity index (χ4v) is 6.42. The molecule has 4 heterocycles. The molecule has 11 heteroatoms. The summed E-state index contributed by atoms with van der Waals surface area (Å²) in [4.78, 5) is 31.5. The Morgan fingerprint density at radius 1 is 1.05 bits per heavy atom. The highest BCUT2D eigenvalue weighted by Gasteiger charge is 2.26. The molecule has 0 fully saturated rings. The standard InChI is InChI=1S/C30H21F2N3O4S2/c1-15-9-12-23(40-15)19-13-20(27(31)32)34-30-24(19)25(26(41-30)28(33)36)35-29(37)22-11-10-17(39-22)14-38-21-8-4-6-16-5-2-3-7-18(16)21/h2-13,27H,14H2,1H3,(H2,33,36)(H,35,37). The van der Waals surface area contributed by atoms with Crippen molar-refractivity contribution in [2.75, 3.05) is 5.32 Å². The van der Waals surface area contributed by atoms with Crippen LogP contribution in [0.3, 0.4) is 0 Å². The van der Waals surface area contributed by atoms with E-state index in [1.54, 1.807) is 12.1 Å². The number of aromatic nitrogens is 1. The summed E-state index contributed by atoms with van der Waals surface area (Å²) in [5, 5.41) is 5.06. The lowest BCUT2D eigenvalue weighted by Gasteiger charge is -2.09. The van der Waals surface area contributed by atoms with Crippen LogP contribution in [0.4, 0.5) is 14.5 Å². The van der Waals surface area contributed by atoms with Gasteiger partial charge in [-0.25, -0.2) is 13.8 Å². The Morgan fingerprint density at radius 3 is 2.61 bits per heavy atom. The average molecular weight is 590 g/mol. The number of aryl methyl sites for hydroxylation is 1. The van der Waals surface area contributed by atoms with Crippen LogP contribution in [0.5, 0.6) is 5.75 Å². The Labute approximate surface area is 240 Å². The van der Waals surface area contributed by atoms with Crippen LogP contribution in [0.1, 0.15) is 43.0 Å². The minimum atomic E-state index is -2.82.